The lowest BCUT2D eigenvalue weighted by Gasteiger charge is -2.18. The zero-order valence-corrected chi connectivity index (χ0v) is 15.6. The van der Waals surface area contributed by atoms with Crippen molar-refractivity contribution in [3.8, 4) is 5.75 Å². The molecule has 2 amide bonds. The third kappa shape index (κ3) is 5.81. The van der Waals surface area contributed by atoms with Crippen LogP contribution in [-0.4, -0.2) is 29.9 Å². The molecule has 1 aromatic carbocycles. The van der Waals surface area contributed by atoms with Crippen molar-refractivity contribution in [3.63, 3.8) is 0 Å². The standard InChI is InChI=1S/C19H27N3O3/c1-12-7-6-8-17(9-12)24-14(3)11-20-19(23)21-13(2)10-18-15(4)22-25-16(18)5/h6-9,13-14H,10-11H2,1-5H3,(H2,20,21,23)/t13-,14-/m1/s1. The van der Waals surface area contributed by atoms with E-state index in [2.05, 4.69) is 15.8 Å². The molecule has 2 rings (SSSR count). The number of nitrogens with zero attached hydrogens (tertiary/aromatic N) is 1. The first-order chi connectivity index (χ1) is 11.8. The van der Waals surface area contributed by atoms with Gasteiger partial charge < -0.3 is 19.9 Å². The van der Waals surface area contributed by atoms with Crippen LogP contribution in [0.3, 0.4) is 0 Å². The lowest BCUT2D eigenvalue weighted by molar-refractivity contribution is 0.206. The molecule has 0 saturated carbocycles. The van der Waals surface area contributed by atoms with Gasteiger partial charge in [-0.05, 0) is 58.7 Å². The molecule has 0 saturated heterocycles. The zero-order valence-electron chi connectivity index (χ0n) is 15.6. The molecule has 0 bridgehead atoms. The quantitative estimate of drug-likeness (QED) is 0.807. The molecule has 2 aromatic rings. The molecule has 0 spiro atoms. The average Bonchev–Trinajstić information content (AvgIpc) is 2.85. The highest BCUT2D eigenvalue weighted by Gasteiger charge is 2.15. The van der Waals surface area contributed by atoms with Gasteiger partial charge in [0.05, 0.1) is 12.2 Å². The fourth-order valence-corrected chi connectivity index (χ4v) is 2.62. The average molecular weight is 345 g/mol. The fourth-order valence-electron chi connectivity index (χ4n) is 2.62. The highest BCUT2D eigenvalue weighted by atomic mass is 16.5. The van der Waals surface area contributed by atoms with Crippen LogP contribution in [0.15, 0.2) is 28.8 Å². The van der Waals surface area contributed by atoms with Crippen LogP contribution in [-0.2, 0) is 6.42 Å². The molecule has 1 aromatic heterocycles. The fraction of sp³-hybridized carbons (Fsp3) is 0.474. The van der Waals surface area contributed by atoms with Crippen molar-refractivity contribution in [1.29, 1.82) is 0 Å². The van der Waals surface area contributed by atoms with E-state index in [1.165, 1.54) is 0 Å². The molecule has 6 nitrogen and oxygen atoms in total. The van der Waals surface area contributed by atoms with E-state index in [4.69, 9.17) is 9.26 Å². The topological polar surface area (TPSA) is 76.4 Å². The Kier molecular flexibility index (Phi) is 6.44. The molecule has 0 fully saturated rings. The van der Waals surface area contributed by atoms with Crippen molar-refractivity contribution in [3.05, 3.63) is 46.8 Å². The summed E-state index contributed by atoms with van der Waals surface area (Å²) in [6.07, 6.45) is 0.564. The summed E-state index contributed by atoms with van der Waals surface area (Å²) in [5.74, 6) is 1.60. The van der Waals surface area contributed by atoms with Crippen LogP contribution >= 0.6 is 0 Å². The number of ether oxygens (including phenoxy) is 1. The van der Waals surface area contributed by atoms with Gasteiger partial charge in [0.1, 0.15) is 17.6 Å². The smallest absolute Gasteiger partial charge is 0.315 e. The summed E-state index contributed by atoms with van der Waals surface area (Å²) in [7, 11) is 0. The molecule has 0 aliphatic rings. The summed E-state index contributed by atoms with van der Waals surface area (Å²) >= 11 is 0. The summed E-state index contributed by atoms with van der Waals surface area (Å²) in [6, 6.07) is 7.62. The maximum Gasteiger partial charge on any atom is 0.315 e. The molecular weight excluding hydrogens is 318 g/mol. The zero-order chi connectivity index (χ0) is 18.4. The van der Waals surface area contributed by atoms with E-state index in [9.17, 15) is 4.79 Å². The van der Waals surface area contributed by atoms with Crippen LogP contribution < -0.4 is 15.4 Å². The highest BCUT2D eigenvalue weighted by Crippen LogP contribution is 2.15. The minimum atomic E-state index is -0.209. The van der Waals surface area contributed by atoms with Gasteiger partial charge in [-0.1, -0.05) is 17.3 Å². The van der Waals surface area contributed by atoms with Crippen molar-refractivity contribution in [2.24, 2.45) is 0 Å². The van der Waals surface area contributed by atoms with E-state index in [-0.39, 0.29) is 18.2 Å². The Morgan fingerprint density at radius 3 is 2.68 bits per heavy atom. The van der Waals surface area contributed by atoms with Gasteiger partial charge in [0.15, 0.2) is 0 Å². The van der Waals surface area contributed by atoms with E-state index in [0.29, 0.717) is 13.0 Å². The number of hydrogen-bond donors (Lipinski definition) is 2. The summed E-state index contributed by atoms with van der Waals surface area (Å²) < 4.78 is 11.0. The van der Waals surface area contributed by atoms with Crippen molar-refractivity contribution < 1.29 is 14.1 Å². The molecule has 0 aliphatic heterocycles. The Balaban J connectivity index is 1.74. The largest absolute Gasteiger partial charge is 0.489 e. The SMILES string of the molecule is Cc1cccc(O[C@H](C)CNC(=O)N[C@H](C)Cc2c(C)noc2C)c1. The Bertz CT molecular complexity index is 692. The van der Waals surface area contributed by atoms with Gasteiger partial charge >= 0.3 is 6.03 Å². The van der Waals surface area contributed by atoms with Crippen molar-refractivity contribution >= 4 is 6.03 Å². The number of amides is 2. The maximum atomic E-state index is 12.0. The minimum absolute atomic E-state index is 0.0233. The van der Waals surface area contributed by atoms with E-state index in [1.807, 2.05) is 58.9 Å². The second-order valence-electron chi connectivity index (χ2n) is 6.51. The van der Waals surface area contributed by atoms with E-state index < -0.39 is 0 Å². The predicted octanol–water partition coefficient (Wildman–Crippen LogP) is 3.30. The molecule has 1 heterocycles. The number of carbonyl (C=O) groups is 1. The maximum absolute atomic E-state index is 12.0. The monoisotopic (exact) mass is 345 g/mol. The number of nitrogens with one attached hydrogen (secondary N) is 2. The third-order valence-electron chi connectivity index (χ3n) is 3.95. The molecule has 0 radical (unpaired) electrons. The Morgan fingerprint density at radius 1 is 1.28 bits per heavy atom. The van der Waals surface area contributed by atoms with Crippen molar-refractivity contribution in [1.82, 2.24) is 15.8 Å². The first kappa shape index (κ1) is 18.8. The third-order valence-corrected chi connectivity index (χ3v) is 3.95. The van der Waals surface area contributed by atoms with Gasteiger partial charge in [0.25, 0.3) is 0 Å². The van der Waals surface area contributed by atoms with Crippen LogP contribution in [0.4, 0.5) is 4.79 Å². The summed E-state index contributed by atoms with van der Waals surface area (Å²) in [5.41, 5.74) is 3.05. The number of rotatable bonds is 7. The molecule has 0 aliphatic carbocycles. The predicted molar refractivity (Wildman–Crippen MR) is 96.9 cm³/mol. The molecule has 25 heavy (non-hydrogen) atoms. The number of hydrogen-bond acceptors (Lipinski definition) is 4. The molecule has 2 atom stereocenters. The van der Waals surface area contributed by atoms with Crippen LogP contribution in [0.5, 0.6) is 5.75 Å². The first-order valence-electron chi connectivity index (χ1n) is 8.54. The minimum Gasteiger partial charge on any atom is -0.489 e. The van der Waals surface area contributed by atoms with Crippen LogP contribution in [0.2, 0.25) is 0 Å². The Labute approximate surface area is 148 Å². The number of carbonyl (C=O) groups excluding carboxylic acids is 1. The number of benzene rings is 1. The molecule has 6 heteroatoms. The Hall–Kier alpha value is -2.50. The second-order valence-corrected chi connectivity index (χ2v) is 6.51. The van der Waals surface area contributed by atoms with Crippen LogP contribution in [0.25, 0.3) is 0 Å². The van der Waals surface area contributed by atoms with Gasteiger partial charge in [0.2, 0.25) is 0 Å². The van der Waals surface area contributed by atoms with E-state index >= 15 is 0 Å². The number of urea groups is 1. The highest BCUT2D eigenvalue weighted by molar-refractivity contribution is 5.74. The van der Waals surface area contributed by atoms with Crippen LogP contribution in [0, 0.1) is 20.8 Å². The second kappa shape index (κ2) is 8.55. The summed E-state index contributed by atoms with van der Waals surface area (Å²) in [6.45, 7) is 10.1. The summed E-state index contributed by atoms with van der Waals surface area (Å²) in [5, 5.41) is 9.70. The lowest BCUT2D eigenvalue weighted by Crippen LogP contribution is -2.44. The normalized spacial score (nSPS) is 13.2. The Morgan fingerprint density at radius 2 is 2.04 bits per heavy atom. The molecule has 0 unspecified atom stereocenters. The number of aromatic nitrogens is 1. The number of aryl methyl sites for hydroxylation is 3. The molecule has 2 N–H and O–H groups in total. The van der Waals surface area contributed by atoms with Gasteiger partial charge in [-0.3, -0.25) is 0 Å². The summed E-state index contributed by atoms with van der Waals surface area (Å²) in [4.78, 5) is 12.0. The van der Waals surface area contributed by atoms with Crippen molar-refractivity contribution in [2.45, 2.75) is 53.2 Å². The van der Waals surface area contributed by atoms with Gasteiger partial charge in [0, 0.05) is 11.6 Å². The van der Waals surface area contributed by atoms with E-state index in [0.717, 1.165) is 28.3 Å². The molecule has 136 valence electrons. The first-order valence-corrected chi connectivity index (χ1v) is 8.54. The van der Waals surface area contributed by atoms with Gasteiger partial charge in [-0.2, -0.15) is 0 Å². The molecular formula is C19H27N3O3. The van der Waals surface area contributed by atoms with Crippen molar-refractivity contribution in [2.75, 3.05) is 6.54 Å². The lowest BCUT2D eigenvalue weighted by atomic mass is 10.1. The van der Waals surface area contributed by atoms with Crippen LogP contribution in [0.1, 0.15) is 36.4 Å². The van der Waals surface area contributed by atoms with E-state index in [1.54, 1.807) is 0 Å². The van der Waals surface area contributed by atoms with Gasteiger partial charge in [-0.15, -0.1) is 0 Å². The van der Waals surface area contributed by atoms with Gasteiger partial charge in [-0.25, -0.2) is 4.79 Å².